The second-order valence-corrected chi connectivity index (χ2v) is 2.70. The van der Waals surface area contributed by atoms with Crippen LogP contribution in [0.1, 0.15) is 0 Å². The minimum Gasteiger partial charge on any atom is -0.399 e. The van der Waals surface area contributed by atoms with Crippen LogP contribution in [0.3, 0.4) is 0 Å². The van der Waals surface area contributed by atoms with Gasteiger partial charge < -0.3 is 15.7 Å². The normalized spacial score (nSPS) is 12.4. The number of hydrogen-bond acceptors (Lipinski definition) is 4. The summed E-state index contributed by atoms with van der Waals surface area (Å²) in [7, 11) is 0. The van der Waals surface area contributed by atoms with E-state index in [1.54, 1.807) is 0 Å². The number of nitrogen functional groups attached to an aromatic ring is 2. The van der Waals surface area contributed by atoms with Crippen LogP contribution in [-0.4, -0.2) is 8.76 Å². The molecule has 6 heteroatoms. The Labute approximate surface area is 71.8 Å². The molecular weight excluding hydrogens is 180 g/mol. The van der Waals surface area contributed by atoms with Crippen molar-refractivity contribution in [2.45, 2.75) is 0 Å². The fraction of sp³-hybridized carbons (Fsp3) is 0. The summed E-state index contributed by atoms with van der Waals surface area (Å²) >= 11 is -2.35. The lowest BCUT2D eigenvalue weighted by Gasteiger charge is -2.03. The van der Waals surface area contributed by atoms with E-state index < -0.39 is 11.4 Å². The molecule has 1 aromatic rings. The Morgan fingerprint density at radius 1 is 1.42 bits per heavy atom. The van der Waals surface area contributed by atoms with Crippen molar-refractivity contribution in [2.75, 3.05) is 11.5 Å². The van der Waals surface area contributed by atoms with Crippen molar-refractivity contribution in [1.29, 1.82) is 0 Å². The van der Waals surface area contributed by atoms with E-state index in [-0.39, 0.29) is 11.4 Å². The predicted octanol–water partition coefficient (Wildman–Crippen LogP) is 0.366. The van der Waals surface area contributed by atoms with Crippen LogP contribution in [0.25, 0.3) is 0 Å². The molecule has 1 aromatic carbocycles. The monoisotopic (exact) mass is 188 g/mol. The molecule has 1 rings (SSSR count). The average Bonchev–Trinajstić information content (AvgIpc) is 1.94. The Morgan fingerprint density at radius 3 is 2.58 bits per heavy atom. The molecule has 12 heavy (non-hydrogen) atoms. The van der Waals surface area contributed by atoms with Gasteiger partial charge in [0.25, 0.3) is 0 Å². The van der Waals surface area contributed by atoms with Crippen molar-refractivity contribution in [2.24, 2.45) is 0 Å². The van der Waals surface area contributed by atoms with Gasteiger partial charge in [-0.15, -0.1) is 0 Å². The molecule has 0 aliphatic carbocycles. The molecule has 1 unspecified atom stereocenters. The van der Waals surface area contributed by atoms with Crippen LogP contribution in [0.5, 0.6) is 5.75 Å². The Morgan fingerprint density at radius 2 is 2.08 bits per heavy atom. The summed E-state index contributed by atoms with van der Waals surface area (Å²) < 4.78 is 23.0. The highest BCUT2D eigenvalue weighted by atomic mass is 32.2. The van der Waals surface area contributed by atoms with Gasteiger partial charge in [0.2, 0.25) is 0 Å². The third kappa shape index (κ3) is 2.11. The molecular formula is C6H8N2O3S. The average molecular weight is 188 g/mol. The standard InChI is InChI=1S/C6H8N2O3S/c7-4-1-2-6(5(8)3-4)11-12(9)10/h1-3H,7-8H2,(H,9,10). The number of rotatable bonds is 2. The Bertz CT molecular complexity index is 316. The fourth-order valence-corrected chi connectivity index (χ4v) is 1.03. The van der Waals surface area contributed by atoms with Crippen LogP contribution >= 0.6 is 0 Å². The second kappa shape index (κ2) is 3.42. The molecule has 0 bridgehead atoms. The van der Waals surface area contributed by atoms with Gasteiger partial charge in [-0.3, -0.25) is 4.55 Å². The Hall–Kier alpha value is -1.27. The summed E-state index contributed by atoms with van der Waals surface area (Å²) in [6.07, 6.45) is 0. The van der Waals surface area contributed by atoms with Gasteiger partial charge in [-0.1, -0.05) is 0 Å². The lowest BCUT2D eigenvalue weighted by atomic mass is 10.3. The van der Waals surface area contributed by atoms with Crippen LogP contribution in [0.2, 0.25) is 0 Å². The van der Waals surface area contributed by atoms with Crippen molar-refractivity contribution in [1.82, 2.24) is 0 Å². The minimum absolute atomic E-state index is 0.144. The highest BCUT2D eigenvalue weighted by Gasteiger charge is 2.02. The van der Waals surface area contributed by atoms with E-state index in [0.29, 0.717) is 5.69 Å². The summed E-state index contributed by atoms with van der Waals surface area (Å²) in [5.41, 5.74) is 11.5. The number of nitrogens with two attached hydrogens (primary N) is 2. The van der Waals surface area contributed by atoms with E-state index in [1.165, 1.54) is 18.2 Å². The molecule has 0 radical (unpaired) electrons. The van der Waals surface area contributed by atoms with Crippen LogP contribution in [-0.2, 0) is 11.4 Å². The van der Waals surface area contributed by atoms with E-state index in [2.05, 4.69) is 4.18 Å². The summed E-state index contributed by atoms with van der Waals surface area (Å²) in [4.78, 5) is 0. The van der Waals surface area contributed by atoms with Gasteiger partial charge in [-0.25, -0.2) is 0 Å². The van der Waals surface area contributed by atoms with Crippen LogP contribution in [0.15, 0.2) is 18.2 Å². The van der Waals surface area contributed by atoms with Crippen molar-refractivity contribution >= 4 is 22.7 Å². The molecule has 0 fully saturated rings. The second-order valence-electron chi connectivity index (χ2n) is 2.10. The number of hydrogen-bond donors (Lipinski definition) is 3. The van der Waals surface area contributed by atoms with Crippen LogP contribution in [0.4, 0.5) is 11.4 Å². The van der Waals surface area contributed by atoms with Crippen molar-refractivity contribution in [3.8, 4) is 5.75 Å². The summed E-state index contributed by atoms with van der Waals surface area (Å²) in [6.45, 7) is 0. The van der Waals surface area contributed by atoms with E-state index in [4.69, 9.17) is 16.0 Å². The fourth-order valence-electron chi connectivity index (χ4n) is 0.720. The minimum atomic E-state index is -2.35. The summed E-state index contributed by atoms with van der Waals surface area (Å²) in [5.74, 6) is 0.144. The van der Waals surface area contributed by atoms with Gasteiger partial charge in [-0.2, -0.15) is 4.21 Å². The maximum Gasteiger partial charge on any atom is 0.357 e. The zero-order valence-corrected chi connectivity index (χ0v) is 6.88. The highest BCUT2D eigenvalue weighted by Crippen LogP contribution is 2.23. The molecule has 66 valence electrons. The van der Waals surface area contributed by atoms with Crippen molar-refractivity contribution in [3.05, 3.63) is 18.2 Å². The van der Waals surface area contributed by atoms with Gasteiger partial charge in [0, 0.05) is 5.69 Å². The summed E-state index contributed by atoms with van der Waals surface area (Å²) in [6, 6.07) is 4.40. The molecule has 0 saturated carbocycles. The molecule has 1 atom stereocenters. The largest absolute Gasteiger partial charge is 0.399 e. The molecule has 0 heterocycles. The van der Waals surface area contributed by atoms with Crippen molar-refractivity contribution in [3.63, 3.8) is 0 Å². The number of anilines is 2. The van der Waals surface area contributed by atoms with Crippen LogP contribution in [0, 0.1) is 0 Å². The third-order valence-electron chi connectivity index (χ3n) is 1.19. The first-order valence-electron chi connectivity index (χ1n) is 3.04. The van der Waals surface area contributed by atoms with Crippen LogP contribution < -0.4 is 15.7 Å². The van der Waals surface area contributed by atoms with Gasteiger partial charge >= 0.3 is 11.4 Å². The van der Waals surface area contributed by atoms with E-state index in [1.807, 2.05) is 0 Å². The molecule has 0 aliphatic rings. The highest BCUT2D eigenvalue weighted by molar-refractivity contribution is 7.74. The molecule has 0 amide bonds. The maximum absolute atomic E-state index is 10.2. The van der Waals surface area contributed by atoms with Gasteiger partial charge in [0.05, 0.1) is 5.69 Å². The zero-order chi connectivity index (χ0) is 9.14. The predicted molar refractivity (Wildman–Crippen MR) is 46.7 cm³/mol. The SMILES string of the molecule is Nc1ccc(OS(=O)O)c(N)c1. The van der Waals surface area contributed by atoms with Gasteiger partial charge in [0.1, 0.15) is 0 Å². The molecule has 5 N–H and O–H groups in total. The summed E-state index contributed by atoms with van der Waals surface area (Å²) in [5, 5.41) is 0. The third-order valence-corrected chi connectivity index (χ3v) is 1.52. The lowest BCUT2D eigenvalue weighted by Crippen LogP contribution is -2.01. The smallest absolute Gasteiger partial charge is 0.357 e. The first kappa shape index (κ1) is 8.82. The lowest BCUT2D eigenvalue weighted by molar-refractivity contribution is 0.459. The number of benzene rings is 1. The Balaban J connectivity index is 2.93. The van der Waals surface area contributed by atoms with E-state index >= 15 is 0 Å². The maximum atomic E-state index is 10.2. The first-order valence-corrected chi connectivity index (χ1v) is 4.07. The Kier molecular flexibility index (Phi) is 2.51. The van der Waals surface area contributed by atoms with Gasteiger partial charge in [0.15, 0.2) is 5.75 Å². The van der Waals surface area contributed by atoms with Crippen molar-refractivity contribution < 1.29 is 12.9 Å². The van der Waals surface area contributed by atoms with Gasteiger partial charge in [-0.05, 0) is 18.2 Å². The zero-order valence-electron chi connectivity index (χ0n) is 6.06. The topological polar surface area (TPSA) is 98.6 Å². The molecule has 0 aromatic heterocycles. The molecule has 5 nitrogen and oxygen atoms in total. The molecule has 0 spiro atoms. The van der Waals surface area contributed by atoms with E-state index in [0.717, 1.165) is 0 Å². The first-order chi connectivity index (χ1) is 5.59. The molecule has 0 saturated heterocycles. The quantitative estimate of drug-likeness (QED) is 0.460. The molecule has 0 aliphatic heterocycles. The van der Waals surface area contributed by atoms with E-state index in [9.17, 15) is 4.21 Å².